The minimum Gasteiger partial charge on any atom is -0.381 e. The van der Waals surface area contributed by atoms with Crippen LogP contribution in [0.4, 0.5) is 23.7 Å². The number of ether oxygens (including phenoxy) is 1. The lowest BCUT2D eigenvalue weighted by atomic mass is 9.76. The number of alkyl halides is 3. The first-order chi connectivity index (χ1) is 12.7. The molecule has 5 nitrogen and oxygen atoms in total. The van der Waals surface area contributed by atoms with Gasteiger partial charge in [-0.05, 0) is 49.3 Å². The fourth-order valence-corrected chi connectivity index (χ4v) is 3.85. The Morgan fingerprint density at radius 2 is 2.07 bits per heavy atom. The molecule has 1 aromatic carbocycles. The molecule has 0 spiro atoms. The molecule has 0 aromatic heterocycles. The molecular formula is C19H24F3N3O2. The summed E-state index contributed by atoms with van der Waals surface area (Å²) in [6.07, 6.45) is -1.12. The number of hydrogen-bond acceptors (Lipinski definition) is 3. The van der Waals surface area contributed by atoms with Gasteiger partial charge in [0.05, 0.1) is 23.3 Å². The van der Waals surface area contributed by atoms with E-state index in [2.05, 4.69) is 6.92 Å². The maximum Gasteiger partial charge on any atom is 0.417 e. The lowest BCUT2D eigenvalue weighted by Gasteiger charge is -2.38. The lowest BCUT2D eigenvalue weighted by molar-refractivity contribution is -0.137. The van der Waals surface area contributed by atoms with Gasteiger partial charge in [0.1, 0.15) is 0 Å². The number of urea groups is 1. The van der Waals surface area contributed by atoms with E-state index >= 15 is 0 Å². The molecule has 2 N–H and O–H groups in total. The van der Waals surface area contributed by atoms with E-state index in [0.717, 1.165) is 37.8 Å². The molecule has 1 aliphatic carbocycles. The number of carbonyl (C=O) groups is 1. The average Bonchev–Trinajstić information content (AvgIpc) is 2.64. The monoisotopic (exact) mass is 383 g/mol. The Morgan fingerprint density at radius 3 is 2.59 bits per heavy atom. The van der Waals surface area contributed by atoms with E-state index in [1.807, 2.05) is 0 Å². The summed E-state index contributed by atoms with van der Waals surface area (Å²) >= 11 is 0. The van der Waals surface area contributed by atoms with Crippen LogP contribution in [0.1, 0.15) is 43.7 Å². The van der Waals surface area contributed by atoms with Crippen LogP contribution in [0.25, 0.3) is 0 Å². The van der Waals surface area contributed by atoms with Crippen molar-refractivity contribution < 1.29 is 22.7 Å². The first kappa shape index (κ1) is 21.0. The molecule has 1 fully saturated rings. The third-order valence-corrected chi connectivity index (χ3v) is 5.37. The molecule has 1 saturated carbocycles. The number of halogens is 3. The van der Waals surface area contributed by atoms with E-state index in [9.17, 15) is 18.0 Å². The first-order valence-electron chi connectivity index (χ1n) is 8.92. The number of carbonyl (C=O) groups excluding carboxylic acids is 1. The summed E-state index contributed by atoms with van der Waals surface area (Å²) in [4.78, 5) is 13.2. The standard InChI is InChI=1S/C19H24F3N3O2/c1-3-12-5-7-16(27-2)8-14(12)11-25(18(24)26)15-6-4-13(10-23)17(9-15)19(20,21)22/h4,6,9,12,14,16H,3,5,7-8,11H2,1-2H3,(H2,24,26). The number of nitrogens with two attached hydrogens (primary N) is 1. The maximum atomic E-state index is 13.2. The highest BCUT2D eigenvalue weighted by Crippen LogP contribution is 2.37. The van der Waals surface area contributed by atoms with E-state index in [1.165, 1.54) is 17.0 Å². The highest BCUT2D eigenvalue weighted by atomic mass is 19.4. The summed E-state index contributed by atoms with van der Waals surface area (Å²) in [5, 5.41) is 8.94. The van der Waals surface area contributed by atoms with Gasteiger partial charge in [-0.25, -0.2) is 4.79 Å². The van der Waals surface area contributed by atoms with Crippen molar-refractivity contribution in [2.24, 2.45) is 17.6 Å². The lowest BCUT2D eigenvalue weighted by Crippen LogP contribution is -2.43. The van der Waals surface area contributed by atoms with Crippen LogP contribution in [-0.2, 0) is 10.9 Å². The minimum atomic E-state index is -4.69. The van der Waals surface area contributed by atoms with Crippen molar-refractivity contribution in [2.75, 3.05) is 18.6 Å². The number of nitriles is 1. The average molecular weight is 383 g/mol. The van der Waals surface area contributed by atoms with Crippen LogP contribution in [0.2, 0.25) is 0 Å². The highest BCUT2D eigenvalue weighted by Gasteiger charge is 2.36. The molecule has 27 heavy (non-hydrogen) atoms. The van der Waals surface area contributed by atoms with Crippen LogP contribution in [0.15, 0.2) is 18.2 Å². The molecular weight excluding hydrogens is 359 g/mol. The molecule has 0 bridgehead atoms. The summed E-state index contributed by atoms with van der Waals surface area (Å²) in [6, 6.07) is 3.94. The molecule has 3 unspecified atom stereocenters. The quantitative estimate of drug-likeness (QED) is 0.823. The molecule has 2 rings (SSSR count). The fraction of sp³-hybridized carbons (Fsp3) is 0.579. The van der Waals surface area contributed by atoms with E-state index in [1.54, 1.807) is 7.11 Å². The molecule has 1 aromatic rings. The normalized spacial score (nSPS) is 22.9. The van der Waals surface area contributed by atoms with Gasteiger partial charge in [0.15, 0.2) is 0 Å². The highest BCUT2D eigenvalue weighted by molar-refractivity contribution is 5.91. The second-order valence-corrected chi connectivity index (χ2v) is 6.89. The van der Waals surface area contributed by atoms with Crippen LogP contribution >= 0.6 is 0 Å². The van der Waals surface area contributed by atoms with E-state index < -0.39 is 23.3 Å². The van der Waals surface area contributed by atoms with Crippen LogP contribution in [0.5, 0.6) is 0 Å². The predicted octanol–water partition coefficient (Wildman–Crippen LogP) is 4.30. The Balaban J connectivity index is 2.35. The SMILES string of the molecule is CCC1CCC(OC)CC1CN(C(N)=O)c1ccc(C#N)c(C(F)(F)F)c1. The number of nitrogens with zero attached hydrogens (tertiary/aromatic N) is 2. The summed E-state index contributed by atoms with van der Waals surface area (Å²) in [7, 11) is 1.63. The van der Waals surface area contributed by atoms with E-state index in [4.69, 9.17) is 15.7 Å². The Labute approximate surface area is 156 Å². The number of rotatable bonds is 5. The van der Waals surface area contributed by atoms with Crippen molar-refractivity contribution in [1.82, 2.24) is 0 Å². The van der Waals surface area contributed by atoms with Gasteiger partial charge in [-0.3, -0.25) is 4.90 Å². The smallest absolute Gasteiger partial charge is 0.381 e. The summed E-state index contributed by atoms with van der Waals surface area (Å²) in [6.45, 7) is 2.28. The van der Waals surface area contributed by atoms with Crippen LogP contribution in [-0.4, -0.2) is 25.8 Å². The van der Waals surface area contributed by atoms with Crippen molar-refractivity contribution in [2.45, 2.75) is 44.9 Å². The zero-order valence-corrected chi connectivity index (χ0v) is 15.4. The van der Waals surface area contributed by atoms with Crippen LogP contribution in [0, 0.1) is 23.2 Å². The number of hydrogen-bond donors (Lipinski definition) is 1. The number of anilines is 1. The number of methoxy groups -OCH3 is 1. The van der Waals surface area contributed by atoms with E-state index in [-0.39, 0.29) is 24.3 Å². The van der Waals surface area contributed by atoms with Crippen LogP contribution in [0.3, 0.4) is 0 Å². The molecule has 0 radical (unpaired) electrons. The second-order valence-electron chi connectivity index (χ2n) is 6.89. The summed E-state index contributed by atoms with van der Waals surface area (Å²) < 4.78 is 45.2. The molecule has 3 atom stereocenters. The van der Waals surface area contributed by atoms with Crippen molar-refractivity contribution in [3.8, 4) is 6.07 Å². The molecule has 2 amide bonds. The molecule has 0 aliphatic heterocycles. The molecule has 148 valence electrons. The Kier molecular flexibility index (Phi) is 6.71. The third kappa shape index (κ3) is 4.92. The van der Waals surface area contributed by atoms with Crippen molar-refractivity contribution in [3.05, 3.63) is 29.3 Å². The molecule has 1 aliphatic rings. The number of amides is 2. The Bertz CT molecular complexity index is 715. The largest absolute Gasteiger partial charge is 0.417 e. The van der Waals surface area contributed by atoms with Gasteiger partial charge in [-0.15, -0.1) is 0 Å². The Hall–Kier alpha value is -2.27. The molecule has 0 heterocycles. The third-order valence-electron chi connectivity index (χ3n) is 5.37. The zero-order chi connectivity index (χ0) is 20.2. The van der Waals surface area contributed by atoms with Crippen molar-refractivity contribution in [3.63, 3.8) is 0 Å². The van der Waals surface area contributed by atoms with Crippen molar-refractivity contribution >= 4 is 11.7 Å². The van der Waals surface area contributed by atoms with Gasteiger partial charge in [0, 0.05) is 19.3 Å². The summed E-state index contributed by atoms with van der Waals surface area (Å²) in [5.74, 6) is 0.421. The Morgan fingerprint density at radius 1 is 1.37 bits per heavy atom. The van der Waals surface area contributed by atoms with Crippen molar-refractivity contribution in [1.29, 1.82) is 5.26 Å². The zero-order valence-electron chi connectivity index (χ0n) is 15.4. The minimum absolute atomic E-state index is 0.0446. The molecule has 8 heteroatoms. The number of benzene rings is 1. The van der Waals surface area contributed by atoms with Gasteiger partial charge in [-0.2, -0.15) is 18.4 Å². The van der Waals surface area contributed by atoms with Gasteiger partial charge in [0.25, 0.3) is 0 Å². The summed E-state index contributed by atoms with van der Waals surface area (Å²) in [5.41, 5.74) is 3.97. The fourth-order valence-electron chi connectivity index (χ4n) is 3.85. The van der Waals surface area contributed by atoms with Gasteiger partial charge in [-0.1, -0.05) is 13.3 Å². The van der Waals surface area contributed by atoms with E-state index in [0.29, 0.717) is 5.92 Å². The predicted molar refractivity (Wildman–Crippen MR) is 95.0 cm³/mol. The maximum absolute atomic E-state index is 13.2. The molecule has 0 saturated heterocycles. The van der Waals surface area contributed by atoms with Crippen LogP contribution < -0.4 is 10.6 Å². The van der Waals surface area contributed by atoms with Gasteiger partial charge >= 0.3 is 12.2 Å². The van der Waals surface area contributed by atoms with Gasteiger partial charge in [0.2, 0.25) is 0 Å². The number of primary amides is 1. The van der Waals surface area contributed by atoms with Gasteiger partial charge < -0.3 is 10.5 Å². The first-order valence-corrected chi connectivity index (χ1v) is 8.92. The topological polar surface area (TPSA) is 79.3 Å². The second kappa shape index (κ2) is 8.61.